The Morgan fingerprint density at radius 1 is 0.491 bits per heavy atom. The van der Waals surface area contributed by atoms with Gasteiger partial charge in [0.1, 0.15) is 11.5 Å². The highest BCUT2D eigenvalue weighted by molar-refractivity contribution is 6.08. The SMILES string of the molecule is COc1cc2c(c3c1-c1ccc4cc5c(cc4c1N(C)C3OC1c3c4c(cc(OC)c3-c3ccc6cc7c(cc6c3N1C)OCO7)OCO4)OCO5)OCO2. The zero-order valence-electron chi connectivity index (χ0n) is 30.1. The van der Waals surface area contributed by atoms with Gasteiger partial charge in [-0.3, -0.25) is 0 Å². The third-order valence-corrected chi connectivity index (χ3v) is 11.4. The van der Waals surface area contributed by atoms with Gasteiger partial charge >= 0.3 is 0 Å². The van der Waals surface area contributed by atoms with Crippen molar-refractivity contribution in [2.24, 2.45) is 0 Å². The Balaban J connectivity index is 1.12. The van der Waals surface area contributed by atoms with Crippen LogP contribution in [0.2, 0.25) is 0 Å². The van der Waals surface area contributed by atoms with Crippen molar-refractivity contribution in [1.82, 2.24) is 0 Å². The zero-order valence-corrected chi connectivity index (χ0v) is 30.1. The lowest BCUT2D eigenvalue weighted by Gasteiger charge is -2.44. The molecule has 0 aliphatic carbocycles. The Kier molecular flexibility index (Phi) is 6.15. The number of anilines is 2. The summed E-state index contributed by atoms with van der Waals surface area (Å²) in [7, 11) is 7.38. The van der Waals surface area contributed by atoms with Crippen LogP contribution in [-0.4, -0.2) is 55.5 Å². The second kappa shape index (κ2) is 11.0. The van der Waals surface area contributed by atoms with Crippen LogP contribution in [0.25, 0.3) is 43.8 Å². The van der Waals surface area contributed by atoms with E-state index >= 15 is 0 Å². The monoisotopic (exact) mass is 740 g/mol. The highest BCUT2D eigenvalue weighted by Gasteiger charge is 2.45. The summed E-state index contributed by atoms with van der Waals surface area (Å²) in [6.07, 6.45) is -1.49. The molecule has 55 heavy (non-hydrogen) atoms. The van der Waals surface area contributed by atoms with Gasteiger partial charge < -0.3 is 61.9 Å². The first-order valence-electron chi connectivity index (χ1n) is 17.9. The molecule has 0 aromatic heterocycles. The maximum atomic E-state index is 7.61. The summed E-state index contributed by atoms with van der Waals surface area (Å²) in [5.74, 6) is 6.38. The molecule has 0 fully saturated rings. The Hall–Kier alpha value is -6.60. The topological polar surface area (TPSA) is 108 Å². The lowest BCUT2D eigenvalue weighted by molar-refractivity contribution is -0.0165. The van der Waals surface area contributed by atoms with Crippen LogP contribution < -0.4 is 57.2 Å². The largest absolute Gasteiger partial charge is 0.496 e. The molecule has 0 saturated carbocycles. The van der Waals surface area contributed by atoms with Crippen LogP contribution in [0.3, 0.4) is 0 Å². The fourth-order valence-corrected chi connectivity index (χ4v) is 9.06. The smallest absolute Gasteiger partial charge is 0.231 e. The molecular weight excluding hydrogens is 708 g/mol. The molecule has 0 amide bonds. The Morgan fingerprint density at radius 3 is 1.33 bits per heavy atom. The molecule has 2 unspecified atom stereocenters. The lowest BCUT2D eigenvalue weighted by Crippen LogP contribution is -2.38. The molecule has 0 spiro atoms. The highest BCUT2D eigenvalue weighted by Crippen LogP contribution is 2.62. The van der Waals surface area contributed by atoms with Crippen molar-refractivity contribution < 1.29 is 52.1 Å². The number of benzene rings is 6. The van der Waals surface area contributed by atoms with E-state index in [4.69, 9.17) is 52.1 Å². The maximum absolute atomic E-state index is 7.61. The number of nitrogens with zero attached hydrogens (tertiary/aromatic N) is 2. The van der Waals surface area contributed by atoms with Gasteiger partial charge in [-0.25, -0.2) is 0 Å². The summed E-state index contributed by atoms with van der Waals surface area (Å²) < 4.78 is 67.6. The first kappa shape index (κ1) is 30.8. The van der Waals surface area contributed by atoms with Crippen LogP contribution in [0.1, 0.15) is 23.6 Å². The normalized spacial score (nSPS) is 18.7. The zero-order chi connectivity index (χ0) is 36.7. The van der Waals surface area contributed by atoms with Crippen molar-refractivity contribution in [3.05, 3.63) is 71.8 Å². The van der Waals surface area contributed by atoms with Crippen molar-refractivity contribution in [3.8, 4) is 79.7 Å². The van der Waals surface area contributed by atoms with Crippen molar-refractivity contribution in [3.63, 3.8) is 0 Å². The van der Waals surface area contributed by atoms with Crippen LogP contribution in [0.4, 0.5) is 11.4 Å². The summed E-state index contributed by atoms with van der Waals surface area (Å²) in [6, 6.07) is 20.2. The molecule has 6 aliphatic heterocycles. The van der Waals surface area contributed by atoms with Gasteiger partial charge in [-0.1, -0.05) is 24.3 Å². The molecule has 0 bridgehead atoms. The summed E-state index contributed by atoms with van der Waals surface area (Å²) in [5, 5.41) is 3.91. The molecule has 13 heteroatoms. The number of hydrogen-bond acceptors (Lipinski definition) is 13. The van der Waals surface area contributed by atoms with Gasteiger partial charge in [0, 0.05) is 59.3 Å². The average Bonchev–Trinajstić information content (AvgIpc) is 4.04. The average molecular weight is 741 g/mol. The number of ether oxygens (including phenoxy) is 11. The van der Waals surface area contributed by atoms with E-state index in [1.807, 2.05) is 50.5 Å². The molecule has 6 heterocycles. The Labute approximate surface area is 313 Å². The Morgan fingerprint density at radius 2 is 0.891 bits per heavy atom. The number of hydrogen-bond donors (Lipinski definition) is 0. The minimum Gasteiger partial charge on any atom is -0.496 e. The minimum atomic E-state index is -0.744. The van der Waals surface area contributed by atoms with Crippen molar-refractivity contribution in [2.75, 3.05) is 65.3 Å². The van der Waals surface area contributed by atoms with Gasteiger partial charge in [-0.05, 0) is 35.0 Å². The van der Waals surface area contributed by atoms with Crippen molar-refractivity contribution >= 4 is 32.9 Å². The van der Waals surface area contributed by atoms with E-state index in [0.717, 1.165) is 66.3 Å². The van der Waals surface area contributed by atoms with E-state index in [2.05, 4.69) is 34.1 Å². The summed E-state index contributed by atoms with van der Waals surface area (Å²) in [4.78, 5) is 4.29. The van der Waals surface area contributed by atoms with Gasteiger partial charge in [0.25, 0.3) is 0 Å². The molecule has 6 aromatic carbocycles. The van der Waals surface area contributed by atoms with E-state index < -0.39 is 12.5 Å². The van der Waals surface area contributed by atoms with Crippen LogP contribution >= 0.6 is 0 Å². The lowest BCUT2D eigenvalue weighted by atomic mass is 9.86. The van der Waals surface area contributed by atoms with Gasteiger partial charge in [-0.15, -0.1) is 0 Å². The molecule has 13 nitrogen and oxygen atoms in total. The molecule has 0 N–H and O–H groups in total. The first-order chi connectivity index (χ1) is 27.0. The molecule has 2 atom stereocenters. The van der Waals surface area contributed by atoms with Crippen LogP contribution in [-0.2, 0) is 4.74 Å². The molecule has 0 saturated heterocycles. The second-order valence-corrected chi connectivity index (χ2v) is 14.0. The summed E-state index contributed by atoms with van der Waals surface area (Å²) in [5.41, 5.74) is 7.00. The van der Waals surface area contributed by atoms with E-state index in [0.29, 0.717) is 57.5 Å². The molecular formula is C42H32N2O11. The number of methoxy groups -OCH3 is 2. The third-order valence-electron chi connectivity index (χ3n) is 11.4. The molecule has 0 radical (unpaired) electrons. The highest BCUT2D eigenvalue weighted by atomic mass is 16.7. The molecule has 6 aromatic rings. The first-order valence-corrected chi connectivity index (χ1v) is 17.9. The second-order valence-electron chi connectivity index (χ2n) is 14.0. The summed E-state index contributed by atoms with van der Waals surface area (Å²) in [6.45, 7) is 0.467. The van der Waals surface area contributed by atoms with E-state index in [9.17, 15) is 0 Å². The van der Waals surface area contributed by atoms with Crippen LogP contribution in [0, 0.1) is 0 Å². The van der Waals surface area contributed by atoms with Gasteiger partial charge in [0.2, 0.25) is 27.2 Å². The number of fused-ring (bicyclic) bond motifs is 16. The fraction of sp³-hybridized carbons (Fsp3) is 0.238. The van der Waals surface area contributed by atoms with Crippen LogP contribution in [0.5, 0.6) is 57.5 Å². The molecule has 6 aliphatic rings. The van der Waals surface area contributed by atoms with E-state index in [-0.39, 0.29) is 27.2 Å². The minimum absolute atomic E-state index is 0.0664. The summed E-state index contributed by atoms with van der Waals surface area (Å²) >= 11 is 0. The number of rotatable bonds is 4. The predicted molar refractivity (Wildman–Crippen MR) is 200 cm³/mol. The van der Waals surface area contributed by atoms with E-state index in [1.54, 1.807) is 14.2 Å². The quantitative estimate of drug-likeness (QED) is 0.175. The standard InChI is InChI=1S/C42H32N2O11/c1-43-37-21(7-5-19-9-25-27(11-23(19)37)49-15-47-25)33-29(45-3)13-31-39(53-17-51-31)35(33)41(43)55-42-36-34(30(46-4)14-32-40(36)54-18-52-32)22-8-6-20-10-26-28(50-16-48-26)12-24(20)38(22)44(42)2/h5-14,41-42H,15-18H2,1-4H3. The Bertz CT molecular complexity index is 2510. The third kappa shape index (κ3) is 4.05. The van der Waals surface area contributed by atoms with Crippen LogP contribution in [0.15, 0.2) is 60.7 Å². The van der Waals surface area contributed by atoms with Crippen molar-refractivity contribution in [1.29, 1.82) is 0 Å². The molecule has 276 valence electrons. The fourth-order valence-electron chi connectivity index (χ4n) is 9.06. The van der Waals surface area contributed by atoms with Gasteiger partial charge in [0.15, 0.2) is 58.5 Å². The van der Waals surface area contributed by atoms with Crippen molar-refractivity contribution in [2.45, 2.75) is 12.5 Å². The molecule has 12 rings (SSSR count). The van der Waals surface area contributed by atoms with Gasteiger partial charge in [-0.2, -0.15) is 0 Å². The maximum Gasteiger partial charge on any atom is 0.231 e. The predicted octanol–water partition coefficient (Wildman–Crippen LogP) is 7.87. The van der Waals surface area contributed by atoms with E-state index in [1.165, 1.54) is 0 Å². The van der Waals surface area contributed by atoms with Gasteiger partial charge in [0.05, 0.1) is 36.7 Å².